The molecule has 3 rings (SSSR count). The summed E-state index contributed by atoms with van der Waals surface area (Å²) >= 11 is 0. The van der Waals surface area contributed by atoms with Gasteiger partial charge in [-0.25, -0.2) is 13.5 Å². The zero-order valence-corrected chi connectivity index (χ0v) is 13.4. The van der Waals surface area contributed by atoms with Gasteiger partial charge in [0.05, 0.1) is 0 Å². The number of hydrogen-bond donors (Lipinski definition) is 1. The normalized spacial score (nSPS) is 19.4. The van der Waals surface area contributed by atoms with Crippen LogP contribution in [0.15, 0.2) is 24.3 Å². The molecule has 1 aromatic heterocycles. The van der Waals surface area contributed by atoms with Crippen LogP contribution < -0.4 is 5.32 Å². The van der Waals surface area contributed by atoms with E-state index in [1.54, 1.807) is 22.9 Å². The molecule has 1 aromatic carbocycles. The molecule has 1 saturated carbocycles. The third kappa shape index (κ3) is 3.42. The first-order valence-corrected chi connectivity index (χ1v) is 8.04. The minimum absolute atomic E-state index is 0.125. The third-order valence-electron chi connectivity index (χ3n) is 4.33. The number of aryl methyl sites for hydroxylation is 1. The molecule has 1 aliphatic carbocycles. The van der Waals surface area contributed by atoms with Crippen molar-refractivity contribution in [3.8, 4) is 11.4 Å². The minimum atomic E-state index is -2.73. The van der Waals surface area contributed by atoms with Gasteiger partial charge in [-0.15, -0.1) is 5.10 Å². The summed E-state index contributed by atoms with van der Waals surface area (Å²) in [5.74, 6) is -3.40. The van der Waals surface area contributed by atoms with Gasteiger partial charge >= 0.3 is 0 Å². The molecular weight excluding hydrogens is 316 g/mol. The SMILES string of the molecule is CCn1nnnc1-c1cccc(NC(=O)CC2CCCC2(F)F)c1. The summed E-state index contributed by atoms with van der Waals surface area (Å²) in [5, 5.41) is 14.2. The van der Waals surface area contributed by atoms with Crippen molar-refractivity contribution in [1.29, 1.82) is 0 Å². The van der Waals surface area contributed by atoms with Gasteiger partial charge < -0.3 is 5.32 Å². The number of hydrogen-bond acceptors (Lipinski definition) is 4. The van der Waals surface area contributed by atoms with Crippen molar-refractivity contribution in [2.75, 3.05) is 5.32 Å². The summed E-state index contributed by atoms with van der Waals surface area (Å²) in [5.41, 5.74) is 1.30. The van der Waals surface area contributed by atoms with Crippen molar-refractivity contribution in [2.45, 2.75) is 45.1 Å². The van der Waals surface area contributed by atoms with Crippen molar-refractivity contribution < 1.29 is 13.6 Å². The molecule has 6 nitrogen and oxygen atoms in total. The van der Waals surface area contributed by atoms with E-state index in [0.29, 0.717) is 30.9 Å². The fourth-order valence-corrected chi connectivity index (χ4v) is 3.05. The van der Waals surface area contributed by atoms with E-state index in [4.69, 9.17) is 0 Å². The van der Waals surface area contributed by atoms with E-state index in [1.165, 1.54) is 0 Å². The maximum Gasteiger partial charge on any atom is 0.251 e. The van der Waals surface area contributed by atoms with Crippen molar-refractivity contribution in [1.82, 2.24) is 20.2 Å². The number of tetrazole rings is 1. The lowest BCUT2D eigenvalue weighted by molar-refractivity contribution is -0.120. The molecule has 1 fully saturated rings. The van der Waals surface area contributed by atoms with E-state index in [1.807, 2.05) is 13.0 Å². The van der Waals surface area contributed by atoms with E-state index >= 15 is 0 Å². The highest BCUT2D eigenvalue weighted by Crippen LogP contribution is 2.42. The molecule has 1 amide bonds. The summed E-state index contributed by atoms with van der Waals surface area (Å²) in [4.78, 5) is 12.1. The largest absolute Gasteiger partial charge is 0.326 e. The van der Waals surface area contributed by atoms with Crippen LogP contribution in [0.25, 0.3) is 11.4 Å². The van der Waals surface area contributed by atoms with Crippen molar-refractivity contribution in [2.24, 2.45) is 5.92 Å². The highest BCUT2D eigenvalue weighted by atomic mass is 19.3. The number of halogens is 2. The average Bonchev–Trinajstić information content (AvgIpc) is 3.14. The first kappa shape index (κ1) is 16.5. The Labute approximate surface area is 138 Å². The number of aromatic nitrogens is 4. The molecule has 1 atom stereocenters. The molecule has 0 spiro atoms. The lowest BCUT2D eigenvalue weighted by Crippen LogP contribution is -2.26. The maximum absolute atomic E-state index is 13.6. The predicted octanol–water partition coefficient (Wildman–Crippen LogP) is 3.12. The zero-order chi connectivity index (χ0) is 17.2. The van der Waals surface area contributed by atoms with Gasteiger partial charge in [0, 0.05) is 36.6 Å². The van der Waals surface area contributed by atoms with Crippen molar-refractivity contribution >= 4 is 11.6 Å². The smallest absolute Gasteiger partial charge is 0.251 e. The monoisotopic (exact) mass is 335 g/mol. The van der Waals surface area contributed by atoms with Gasteiger partial charge in [-0.3, -0.25) is 4.79 Å². The van der Waals surface area contributed by atoms with Gasteiger partial charge in [-0.2, -0.15) is 0 Å². The Morgan fingerprint density at radius 3 is 3.00 bits per heavy atom. The third-order valence-corrected chi connectivity index (χ3v) is 4.33. The van der Waals surface area contributed by atoms with Crippen LogP contribution in [-0.2, 0) is 11.3 Å². The standard InChI is InChI=1S/C16H19F2N5O/c1-2-23-15(20-21-22-23)11-5-3-7-13(9-11)19-14(24)10-12-6-4-8-16(12,17)18/h3,5,7,9,12H,2,4,6,8,10H2,1H3,(H,19,24). The Morgan fingerprint density at radius 1 is 1.46 bits per heavy atom. The number of benzene rings is 1. The van der Waals surface area contributed by atoms with Gasteiger partial charge in [0.1, 0.15) is 0 Å². The number of carbonyl (C=O) groups excluding carboxylic acids is 1. The van der Waals surface area contributed by atoms with Crippen LogP contribution >= 0.6 is 0 Å². The molecule has 0 radical (unpaired) electrons. The molecule has 2 aromatic rings. The first-order chi connectivity index (χ1) is 11.5. The second-order valence-corrected chi connectivity index (χ2v) is 6.00. The Balaban J connectivity index is 1.70. The molecule has 24 heavy (non-hydrogen) atoms. The lowest BCUT2D eigenvalue weighted by Gasteiger charge is -2.18. The van der Waals surface area contributed by atoms with E-state index in [0.717, 1.165) is 5.56 Å². The second kappa shape index (κ2) is 6.62. The van der Waals surface area contributed by atoms with E-state index in [-0.39, 0.29) is 12.8 Å². The highest BCUT2D eigenvalue weighted by Gasteiger charge is 2.44. The zero-order valence-electron chi connectivity index (χ0n) is 13.4. The Morgan fingerprint density at radius 2 is 2.29 bits per heavy atom. The predicted molar refractivity (Wildman–Crippen MR) is 84.5 cm³/mol. The summed E-state index contributed by atoms with van der Waals surface area (Å²) in [6, 6.07) is 7.05. The van der Waals surface area contributed by atoms with Gasteiger partial charge in [0.25, 0.3) is 5.92 Å². The van der Waals surface area contributed by atoms with Crippen LogP contribution in [-0.4, -0.2) is 32.0 Å². The number of amides is 1. The maximum atomic E-state index is 13.6. The topological polar surface area (TPSA) is 72.7 Å². The fourth-order valence-electron chi connectivity index (χ4n) is 3.05. The van der Waals surface area contributed by atoms with Crippen molar-refractivity contribution in [3.05, 3.63) is 24.3 Å². The molecule has 8 heteroatoms. The minimum Gasteiger partial charge on any atom is -0.326 e. The first-order valence-electron chi connectivity index (χ1n) is 8.04. The number of nitrogens with zero attached hydrogens (tertiary/aromatic N) is 4. The molecule has 1 aliphatic rings. The lowest BCUT2D eigenvalue weighted by atomic mass is 10.0. The van der Waals surface area contributed by atoms with Gasteiger partial charge in [-0.1, -0.05) is 12.1 Å². The molecule has 1 N–H and O–H groups in total. The van der Waals surface area contributed by atoms with E-state index in [2.05, 4.69) is 20.8 Å². The summed E-state index contributed by atoms with van der Waals surface area (Å²) in [6.45, 7) is 2.54. The highest BCUT2D eigenvalue weighted by molar-refractivity contribution is 5.91. The van der Waals surface area contributed by atoms with E-state index < -0.39 is 17.7 Å². The number of nitrogens with one attached hydrogen (secondary N) is 1. The second-order valence-electron chi connectivity index (χ2n) is 6.00. The van der Waals surface area contributed by atoms with Gasteiger partial charge in [0.15, 0.2) is 5.82 Å². The molecule has 128 valence electrons. The summed E-state index contributed by atoms with van der Waals surface area (Å²) in [6.07, 6.45) is 0.579. The van der Waals surface area contributed by atoms with Crippen LogP contribution in [0.3, 0.4) is 0 Å². The van der Waals surface area contributed by atoms with Crippen molar-refractivity contribution in [3.63, 3.8) is 0 Å². The molecule has 0 saturated heterocycles. The van der Waals surface area contributed by atoms with Crippen LogP contribution in [0, 0.1) is 5.92 Å². The number of rotatable bonds is 5. The summed E-state index contributed by atoms with van der Waals surface area (Å²) in [7, 11) is 0. The van der Waals surface area contributed by atoms with Crippen LogP contribution in [0.4, 0.5) is 14.5 Å². The number of alkyl halides is 2. The van der Waals surface area contributed by atoms with Gasteiger partial charge in [0.2, 0.25) is 5.91 Å². The molecule has 1 unspecified atom stereocenters. The van der Waals surface area contributed by atoms with Gasteiger partial charge in [-0.05, 0) is 42.3 Å². The Kier molecular flexibility index (Phi) is 4.55. The van der Waals surface area contributed by atoms with Crippen LogP contribution in [0.5, 0.6) is 0 Å². The Bertz CT molecular complexity index is 731. The number of anilines is 1. The van der Waals surface area contributed by atoms with E-state index in [9.17, 15) is 13.6 Å². The molecular formula is C16H19F2N5O. The average molecular weight is 335 g/mol. The van der Waals surface area contributed by atoms with Crippen LogP contribution in [0.1, 0.15) is 32.6 Å². The molecule has 1 heterocycles. The summed E-state index contributed by atoms with van der Waals surface area (Å²) < 4.78 is 28.9. The molecule has 0 bridgehead atoms. The van der Waals surface area contributed by atoms with Crippen LogP contribution in [0.2, 0.25) is 0 Å². The number of carbonyl (C=O) groups is 1. The molecule has 0 aliphatic heterocycles. The quantitative estimate of drug-likeness (QED) is 0.911. The fraction of sp³-hybridized carbons (Fsp3) is 0.500. The Hall–Kier alpha value is -2.38.